The van der Waals surface area contributed by atoms with Crippen LogP contribution in [0.1, 0.15) is 35.8 Å². The molecular weight excluding hydrogens is 370 g/mol. The van der Waals surface area contributed by atoms with Gasteiger partial charge in [-0.1, -0.05) is 48.2 Å². The zero-order valence-corrected chi connectivity index (χ0v) is 17.5. The summed E-state index contributed by atoms with van der Waals surface area (Å²) in [5.41, 5.74) is 4.12. The van der Waals surface area contributed by atoms with Crippen molar-refractivity contribution >= 4 is 17.7 Å². The van der Waals surface area contributed by atoms with Crippen molar-refractivity contribution < 1.29 is 4.79 Å². The SMILES string of the molecule is CCN(CC)C(=O)[C@H](Sc1nnnn1-c1cc(C)cc(C)c1)c1ccccc1. The van der Waals surface area contributed by atoms with Crippen molar-refractivity contribution in [2.24, 2.45) is 0 Å². The Morgan fingerprint density at radius 3 is 2.32 bits per heavy atom. The summed E-state index contributed by atoms with van der Waals surface area (Å²) in [6.45, 7) is 9.42. The summed E-state index contributed by atoms with van der Waals surface area (Å²) < 4.78 is 1.70. The average Bonchev–Trinajstić information content (AvgIpc) is 3.15. The molecule has 1 amide bonds. The molecule has 0 unspecified atom stereocenters. The maximum atomic E-state index is 13.2. The minimum atomic E-state index is -0.406. The molecular formula is C21H25N5OS. The van der Waals surface area contributed by atoms with Gasteiger partial charge in [0.1, 0.15) is 5.25 Å². The number of thioether (sulfide) groups is 1. The van der Waals surface area contributed by atoms with E-state index in [4.69, 9.17) is 0 Å². The molecule has 1 heterocycles. The van der Waals surface area contributed by atoms with Gasteiger partial charge >= 0.3 is 0 Å². The van der Waals surface area contributed by atoms with Crippen LogP contribution in [0, 0.1) is 13.8 Å². The van der Waals surface area contributed by atoms with Crippen LogP contribution in [0.3, 0.4) is 0 Å². The van der Waals surface area contributed by atoms with Gasteiger partial charge in [0.15, 0.2) is 0 Å². The van der Waals surface area contributed by atoms with Crippen molar-refractivity contribution in [3.63, 3.8) is 0 Å². The maximum Gasteiger partial charge on any atom is 0.240 e. The third kappa shape index (κ3) is 4.42. The predicted molar refractivity (Wildman–Crippen MR) is 112 cm³/mol. The topological polar surface area (TPSA) is 63.9 Å². The van der Waals surface area contributed by atoms with Crippen LogP contribution in [0.15, 0.2) is 53.7 Å². The molecule has 146 valence electrons. The first-order valence-electron chi connectivity index (χ1n) is 9.41. The highest BCUT2D eigenvalue weighted by Gasteiger charge is 2.28. The molecule has 0 saturated heterocycles. The third-order valence-electron chi connectivity index (χ3n) is 4.52. The lowest BCUT2D eigenvalue weighted by Gasteiger charge is -2.24. The smallest absolute Gasteiger partial charge is 0.240 e. The lowest BCUT2D eigenvalue weighted by molar-refractivity contribution is -0.130. The number of aryl methyl sites for hydroxylation is 2. The molecule has 6 nitrogen and oxygen atoms in total. The summed E-state index contributed by atoms with van der Waals surface area (Å²) in [4.78, 5) is 15.1. The number of carbonyl (C=O) groups excluding carboxylic acids is 1. The molecule has 0 bridgehead atoms. The first kappa shape index (κ1) is 20.1. The van der Waals surface area contributed by atoms with E-state index >= 15 is 0 Å². The number of aromatic nitrogens is 4. The Hall–Kier alpha value is -2.67. The molecule has 1 atom stereocenters. The minimum Gasteiger partial charge on any atom is -0.342 e. The molecule has 3 rings (SSSR count). The number of hydrogen-bond acceptors (Lipinski definition) is 5. The van der Waals surface area contributed by atoms with E-state index in [0.29, 0.717) is 18.2 Å². The van der Waals surface area contributed by atoms with E-state index in [9.17, 15) is 4.79 Å². The van der Waals surface area contributed by atoms with Gasteiger partial charge in [-0.25, -0.2) is 0 Å². The van der Waals surface area contributed by atoms with Crippen LogP contribution in [0.5, 0.6) is 0 Å². The highest BCUT2D eigenvalue weighted by molar-refractivity contribution is 8.00. The van der Waals surface area contributed by atoms with Gasteiger partial charge in [0.2, 0.25) is 11.1 Å². The summed E-state index contributed by atoms with van der Waals surface area (Å²) in [6, 6.07) is 16.0. The van der Waals surface area contributed by atoms with Crippen molar-refractivity contribution in [2.45, 2.75) is 38.1 Å². The molecule has 0 saturated carbocycles. The lowest BCUT2D eigenvalue weighted by Crippen LogP contribution is -2.34. The van der Waals surface area contributed by atoms with Crippen LogP contribution in [-0.2, 0) is 4.79 Å². The lowest BCUT2D eigenvalue weighted by atomic mass is 10.1. The number of benzene rings is 2. The first-order valence-corrected chi connectivity index (χ1v) is 10.3. The number of likely N-dealkylation sites (N-methyl/N-ethyl adjacent to an activating group) is 1. The highest BCUT2D eigenvalue weighted by Crippen LogP contribution is 2.36. The summed E-state index contributed by atoms with van der Waals surface area (Å²) >= 11 is 1.38. The molecule has 0 N–H and O–H groups in total. The Labute approximate surface area is 169 Å². The molecule has 0 aliphatic rings. The zero-order valence-electron chi connectivity index (χ0n) is 16.7. The second kappa shape index (κ2) is 9.01. The summed E-state index contributed by atoms with van der Waals surface area (Å²) in [5.74, 6) is 0.0659. The van der Waals surface area contributed by atoms with Gasteiger partial charge in [-0.05, 0) is 66.9 Å². The van der Waals surface area contributed by atoms with E-state index in [1.807, 2.05) is 75.1 Å². The Morgan fingerprint density at radius 1 is 1.07 bits per heavy atom. The Balaban J connectivity index is 1.98. The van der Waals surface area contributed by atoms with E-state index in [2.05, 4.69) is 21.6 Å². The van der Waals surface area contributed by atoms with E-state index < -0.39 is 5.25 Å². The molecule has 0 spiro atoms. The number of nitrogens with zero attached hydrogens (tertiary/aromatic N) is 5. The maximum absolute atomic E-state index is 13.2. The van der Waals surface area contributed by atoms with E-state index in [-0.39, 0.29) is 5.91 Å². The summed E-state index contributed by atoms with van der Waals surface area (Å²) in [6.07, 6.45) is 0. The van der Waals surface area contributed by atoms with Crippen LogP contribution < -0.4 is 0 Å². The number of hydrogen-bond donors (Lipinski definition) is 0. The number of carbonyl (C=O) groups is 1. The van der Waals surface area contributed by atoms with Gasteiger partial charge in [0, 0.05) is 13.1 Å². The fraction of sp³-hybridized carbons (Fsp3) is 0.333. The molecule has 2 aromatic carbocycles. The largest absolute Gasteiger partial charge is 0.342 e. The van der Waals surface area contributed by atoms with Crippen molar-refractivity contribution in [3.05, 3.63) is 65.2 Å². The van der Waals surface area contributed by atoms with Crippen LogP contribution in [0.4, 0.5) is 0 Å². The quantitative estimate of drug-likeness (QED) is 0.566. The second-order valence-electron chi connectivity index (χ2n) is 6.64. The van der Waals surface area contributed by atoms with Crippen LogP contribution in [0.2, 0.25) is 0 Å². The normalized spacial score (nSPS) is 12.0. The molecule has 7 heteroatoms. The van der Waals surface area contributed by atoms with Gasteiger partial charge in [0.05, 0.1) is 5.69 Å². The number of tetrazole rings is 1. The highest BCUT2D eigenvalue weighted by atomic mass is 32.2. The molecule has 0 radical (unpaired) electrons. The molecule has 0 fully saturated rings. The minimum absolute atomic E-state index is 0.0659. The van der Waals surface area contributed by atoms with Crippen molar-refractivity contribution in [1.82, 2.24) is 25.1 Å². The monoisotopic (exact) mass is 395 g/mol. The van der Waals surface area contributed by atoms with Gasteiger partial charge < -0.3 is 4.90 Å². The Morgan fingerprint density at radius 2 is 1.71 bits per heavy atom. The second-order valence-corrected chi connectivity index (χ2v) is 7.71. The predicted octanol–water partition coefficient (Wildman–Crippen LogP) is 3.98. The fourth-order valence-corrected chi connectivity index (χ4v) is 4.26. The Kier molecular flexibility index (Phi) is 6.46. The van der Waals surface area contributed by atoms with Crippen LogP contribution in [0.25, 0.3) is 5.69 Å². The van der Waals surface area contributed by atoms with Crippen molar-refractivity contribution in [1.29, 1.82) is 0 Å². The van der Waals surface area contributed by atoms with Crippen LogP contribution >= 0.6 is 11.8 Å². The fourth-order valence-electron chi connectivity index (χ4n) is 3.18. The summed E-state index contributed by atoms with van der Waals surface area (Å²) in [5, 5.41) is 12.4. The number of amides is 1. The molecule has 0 aliphatic carbocycles. The van der Waals surface area contributed by atoms with E-state index in [0.717, 1.165) is 22.4 Å². The zero-order chi connectivity index (χ0) is 20.1. The third-order valence-corrected chi connectivity index (χ3v) is 5.69. The van der Waals surface area contributed by atoms with Crippen molar-refractivity contribution in [3.8, 4) is 5.69 Å². The van der Waals surface area contributed by atoms with Gasteiger partial charge in [-0.2, -0.15) is 4.68 Å². The number of rotatable bonds is 7. The average molecular weight is 396 g/mol. The van der Waals surface area contributed by atoms with Gasteiger partial charge in [-0.3, -0.25) is 4.79 Å². The van der Waals surface area contributed by atoms with Gasteiger partial charge in [0.25, 0.3) is 0 Å². The van der Waals surface area contributed by atoms with Crippen molar-refractivity contribution in [2.75, 3.05) is 13.1 Å². The summed E-state index contributed by atoms with van der Waals surface area (Å²) in [7, 11) is 0. The van der Waals surface area contributed by atoms with E-state index in [1.165, 1.54) is 11.8 Å². The van der Waals surface area contributed by atoms with E-state index in [1.54, 1.807) is 4.68 Å². The Bertz CT molecular complexity index is 917. The molecule has 3 aromatic rings. The standard InChI is InChI=1S/C21H25N5OS/c1-5-25(6-2)20(27)19(17-10-8-7-9-11-17)28-21-22-23-24-26(21)18-13-15(3)12-16(4)14-18/h7-14,19H,5-6H2,1-4H3/t19-/m1/s1. The molecule has 1 aromatic heterocycles. The molecule has 0 aliphatic heterocycles. The van der Waals surface area contributed by atoms with Gasteiger partial charge in [-0.15, -0.1) is 5.10 Å². The molecule has 28 heavy (non-hydrogen) atoms. The first-order chi connectivity index (χ1) is 13.5. The van der Waals surface area contributed by atoms with Crippen LogP contribution in [-0.4, -0.2) is 44.1 Å².